The van der Waals surface area contributed by atoms with Crippen molar-refractivity contribution in [2.24, 2.45) is 5.73 Å². The fourth-order valence-corrected chi connectivity index (χ4v) is 3.09. The molecule has 2 aromatic heterocycles. The number of hydrogen-bond donors (Lipinski definition) is 1. The van der Waals surface area contributed by atoms with Crippen molar-refractivity contribution >= 4 is 28.6 Å². The Balaban J connectivity index is 2.01. The molecule has 0 bridgehead atoms. The highest BCUT2D eigenvalue weighted by Gasteiger charge is 2.13. The van der Waals surface area contributed by atoms with Gasteiger partial charge in [0.25, 0.3) is 5.91 Å². The van der Waals surface area contributed by atoms with Gasteiger partial charge in [0, 0.05) is 13.6 Å². The molecule has 98 valence electrons. The Kier molecular flexibility index (Phi) is 4.74. The summed E-state index contributed by atoms with van der Waals surface area (Å²) < 4.78 is 0. The highest BCUT2D eigenvalue weighted by atomic mass is 32.1. The minimum Gasteiger partial charge on any atom is -0.337 e. The zero-order valence-corrected chi connectivity index (χ0v) is 12.2. The Hall–Kier alpha value is -1.61. The number of rotatable bonds is 3. The zero-order chi connectivity index (χ0) is 13.7. The molecule has 0 aromatic carbocycles. The van der Waals surface area contributed by atoms with Gasteiger partial charge in [0.1, 0.15) is 0 Å². The summed E-state index contributed by atoms with van der Waals surface area (Å²) in [6.07, 6.45) is 0. The number of carbonyl (C=O) groups excluding carboxylic acids is 1. The molecule has 0 spiro atoms. The Bertz CT molecular complexity index is 605. The van der Waals surface area contributed by atoms with E-state index in [1.807, 2.05) is 36.0 Å². The quantitative estimate of drug-likeness (QED) is 0.882. The van der Waals surface area contributed by atoms with Crippen molar-refractivity contribution in [3.8, 4) is 11.8 Å². The Labute approximate surface area is 120 Å². The minimum absolute atomic E-state index is 0.0517. The van der Waals surface area contributed by atoms with E-state index in [4.69, 9.17) is 5.73 Å². The lowest BCUT2D eigenvalue weighted by Gasteiger charge is -2.15. The van der Waals surface area contributed by atoms with Gasteiger partial charge in [-0.25, -0.2) is 0 Å². The van der Waals surface area contributed by atoms with Gasteiger partial charge in [0.05, 0.1) is 16.3 Å². The Morgan fingerprint density at radius 2 is 2.32 bits per heavy atom. The zero-order valence-electron chi connectivity index (χ0n) is 10.6. The standard InChI is InChI=1S/C14H14N2OS2/c1-16(14(17)13-5-3-7-18-13)9-11-8-12(19-10-11)4-2-6-15/h3,5,7-8,10H,6,9,15H2,1H3. The second-order valence-corrected chi connectivity index (χ2v) is 5.82. The summed E-state index contributed by atoms with van der Waals surface area (Å²) in [4.78, 5) is 15.5. The summed E-state index contributed by atoms with van der Waals surface area (Å²) in [6, 6.07) is 5.73. The minimum atomic E-state index is 0.0517. The first-order valence-electron chi connectivity index (χ1n) is 5.76. The molecule has 1 amide bonds. The molecule has 0 unspecified atom stereocenters. The van der Waals surface area contributed by atoms with Crippen molar-refractivity contribution in [1.82, 2.24) is 4.90 Å². The lowest BCUT2D eigenvalue weighted by atomic mass is 10.3. The number of hydrogen-bond acceptors (Lipinski definition) is 4. The first-order chi connectivity index (χ1) is 9.20. The van der Waals surface area contributed by atoms with Crippen molar-refractivity contribution in [1.29, 1.82) is 0 Å². The summed E-state index contributed by atoms with van der Waals surface area (Å²) >= 11 is 3.04. The molecule has 0 saturated heterocycles. The number of nitrogens with zero attached hydrogens (tertiary/aromatic N) is 1. The maximum absolute atomic E-state index is 12.1. The third-order valence-electron chi connectivity index (χ3n) is 2.47. The van der Waals surface area contributed by atoms with Crippen LogP contribution in [0.5, 0.6) is 0 Å². The summed E-state index contributed by atoms with van der Waals surface area (Å²) in [5.41, 5.74) is 6.43. The summed E-state index contributed by atoms with van der Waals surface area (Å²) in [7, 11) is 1.81. The third kappa shape index (κ3) is 3.67. The molecule has 2 rings (SSSR count). The number of carbonyl (C=O) groups is 1. The van der Waals surface area contributed by atoms with Crippen LogP contribution in [0.25, 0.3) is 0 Å². The van der Waals surface area contributed by atoms with Crippen LogP contribution in [0.15, 0.2) is 29.0 Å². The van der Waals surface area contributed by atoms with E-state index in [2.05, 4.69) is 11.8 Å². The van der Waals surface area contributed by atoms with Crippen LogP contribution < -0.4 is 5.73 Å². The predicted molar refractivity (Wildman–Crippen MR) is 80.4 cm³/mol. The molecular formula is C14H14N2OS2. The third-order valence-corrected chi connectivity index (χ3v) is 4.22. The molecule has 3 nitrogen and oxygen atoms in total. The van der Waals surface area contributed by atoms with Crippen molar-refractivity contribution in [2.45, 2.75) is 6.54 Å². The first kappa shape index (κ1) is 13.8. The van der Waals surface area contributed by atoms with Crippen molar-refractivity contribution in [3.63, 3.8) is 0 Å². The van der Waals surface area contributed by atoms with Gasteiger partial charge in [-0.15, -0.1) is 22.7 Å². The van der Waals surface area contributed by atoms with Crippen molar-refractivity contribution in [3.05, 3.63) is 44.3 Å². The van der Waals surface area contributed by atoms with Crippen LogP contribution >= 0.6 is 22.7 Å². The first-order valence-corrected chi connectivity index (χ1v) is 7.52. The summed E-state index contributed by atoms with van der Waals surface area (Å²) in [6.45, 7) is 0.960. The predicted octanol–water partition coefficient (Wildman–Crippen LogP) is 2.39. The van der Waals surface area contributed by atoms with Gasteiger partial charge in [0.15, 0.2) is 0 Å². The van der Waals surface area contributed by atoms with E-state index in [0.717, 1.165) is 15.3 Å². The van der Waals surface area contributed by atoms with Gasteiger partial charge in [0.2, 0.25) is 0 Å². The topological polar surface area (TPSA) is 46.3 Å². The van der Waals surface area contributed by atoms with Crippen LogP contribution in [0.3, 0.4) is 0 Å². The average molecular weight is 290 g/mol. The molecule has 0 aliphatic carbocycles. The molecule has 0 radical (unpaired) electrons. The summed E-state index contributed by atoms with van der Waals surface area (Å²) in [5.74, 6) is 5.87. The molecular weight excluding hydrogens is 276 g/mol. The fraction of sp³-hybridized carbons (Fsp3) is 0.214. The molecule has 19 heavy (non-hydrogen) atoms. The maximum atomic E-state index is 12.1. The van der Waals surface area contributed by atoms with Crippen LogP contribution in [-0.2, 0) is 6.54 Å². The van der Waals surface area contributed by atoms with E-state index in [1.54, 1.807) is 16.2 Å². The van der Waals surface area contributed by atoms with Crippen LogP contribution in [0.2, 0.25) is 0 Å². The Morgan fingerprint density at radius 1 is 1.47 bits per heavy atom. The van der Waals surface area contributed by atoms with Crippen LogP contribution in [0.4, 0.5) is 0 Å². The molecule has 2 N–H and O–H groups in total. The van der Waals surface area contributed by atoms with E-state index >= 15 is 0 Å². The van der Waals surface area contributed by atoms with Crippen molar-refractivity contribution in [2.75, 3.05) is 13.6 Å². The second-order valence-electron chi connectivity index (χ2n) is 3.96. The van der Waals surface area contributed by atoms with Gasteiger partial charge < -0.3 is 10.6 Å². The molecule has 5 heteroatoms. The second kappa shape index (κ2) is 6.53. The average Bonchev–Trinajstić information content (AvgIpc) is 3.06. The Morgan fingerprint density at radius 3 is 3.00 bits per heavy atom. The largest absolute Gasteiger partial charge is 0.337 e. The summed E-state index contributed by atoms with van der Waals surface area (Å²) in [5, 5.41) is 3.94. The van der Waals surface area contributed by atoms with Gasteiger partial charge in [-0.2, -0.15) is 0 Å². The van der Waals surface area contributed by atoms with Gasteiger partial charge in [-0.1, -0.05) is 17.9 Å². The smallest absolute Gasteiger partial charge is 0.263 e. The monoisotopic (exact) mass is 290 g/mol. The van der Waals surface area contributed by atoms with E-state index in [-0.39, 0.29) is 5.91 Å². The van der Waals surface area contributed by atoms with E-state index in [9.17, 15) is 4.79 Å². The molecule has 0 aliphatic rings. The highest BCUT2D eigenvalue weighted by molar-refractivity contribution is 7.12. The molecule has 0 fully saturated rings. The molecule has 2 aromatic rings. The number of amides is 1. The molecule has 0 atom stereocenters. The van der Waals surface area contributed by atoms with E-state index in [0.29, 0.717) is 13.1 Å². The SMILES string of the molecule is CN(Cc1csc(C#CCN)c1)C(=O)c1cccs1. The number of thiophene rings is 2. The highest BCUT2D eigenvalue weighted by Crippen LogP contribution is 2.17. The lowest BCUT2D eigenvalue weighted by Crippen LogP contribution is -2.25. The maximum Gasteiger partial charge on any atom is 0.263 e. The van der Waals surface area contributed by atoms with Gasteiger partial charge in [-0.05, 0) is 28.5 Å². The fourth-order valence-electron chi connectivity index (χ4n) is 1.60. The van der Waals surface area contributed by atoms with E-state index < -0.39 is 0 Å². The molecule has 0 saturated carbocycles. The van der Waals surface area contributed by atoms with Gasteiger partial charge in [-0.3, -0.25) is 4.79 Å². The van der Waals surface area contributed by atoms with Crippen LogP contribution in [-0.4, -0.2) is 24.4 Å². The van der Waals surface area contributed by atoms with E-state index in [1.165, 1.54) is 11.3 Å². The van der Waals surface area contributed by atoms with Crippen molar-refractivity contribution < 1.29 is 4.79 Å². The number of nitrogens with two attached hydrogens (primary N) is 1. The van der Waals surface area contributed by atoms with Crippen LogP contribution in [0, 0.1) is 11.8 Å². The normalized spacial score (nSPS) is 9.79. The lowest BCUT2D eigenvalue weighted by molar-refractivity contribution is 0.0790. The van der Waals surface area contributed by atoms with Gasteiger partial charge >= 0.3 is 0 Å². The molecule has 0 aliphatic heterocycles. The molecule has 2 heterocycles. The van der Waals surface area contributed by atoms with Crippen LogP contribution in [0.1, 0.15) is 20.1 Å².